The Balaban J connectivity index is 2.11. The number of ketones is 1. The van der Waals surface area contributed by atoms with Gasteiger partial charge in [-0.1, -0.05) is 33.6 Å². The lowest BCUT2D eigenvalue weighted by Gasteiger charge is -2.29. The number of aliphatic hydroxyl groups is 1. The molecule has 0 aromatic carbocycles. The van der Waals surface area contributed by atoms with Crippen molar-refractivity contribution >= 4 is 12.0 Å². The highest BCUT2D eigenvalue weighted by atomic mass is 16.3. The van der Waals surface area contributed by atoms with Gasteiger partial charge in [-0.2, -0.15) is 0 Å². The van der Waals surface area contributed by atoms with E-state index in [1.54, 1.807) is 6.21 Å². The molecule has 0 saturated heterocycles. The Labute approximate surface area is 115 Å². The first-order valence-electron chi connectivity index (χ1n) is 7.37. The molecule has 2 aliphatic carbocycles. The second-order valence-electron chi connectivity index (χ2n) is 6.91. The minimum absolute atomic E-state index is 0.0287. The standard InChI is InChI=1S/C16H25NO2/c1-11-6-4-5-7-13(11)17-10-12-14(18)8-16(2,3)9-15(12)19/h10-11,13,18H,4-9H2,1-3H3/t11-,13-/m0/s1. The summed E-state index contributed by atoms with van der Waals surface area (Å²) in [5, 5.41) is 10.0. The van der Waals surface area contributed by atoms with Gasteiger partial charge in [-0.05, 0) is 24.2 Å². The number of hydrogen-bond acceptors (Lipinski definition) is 3. The summed E-state index contributed by atoms with van der Waals surface area (Å²) in [6.45, 7) is 6.25. The van der Waals surface area contributed by atoms with Gasteiger partial charge in [0.05, 0.1) is 11.6 Å². The van der Waals surface area contributed by atoms with Gasteiger partial charge in [0.25, 0.3) is 0 Å². The van der Waals surface area contributed by atoms with Crippen LogP contribution in [0.15, 0.2) is 16.3 Å². The average molecular weight is 263 g/mol. The molecular weight excluding hydrogens is 238 g/mol. The van der Waals surface area contributed by atoms with Crippen molar-refractivity contribution in [2.45, 2.75) is 65.3 Å². The zero-order chi connectivity index (χ0) is 14.0. The fourth-order valence-electron chi connectivity index (χ4n) is 3.14. The van der Waals surface area contributed by atoms with Crippen molar-refractivity contribution < 1.29 is 9.90 Å². The third-order valence-corrected chi connectivity index (χ3v) is 4.36. The number of allylic oxidation sites excluding steroid dienone is 2. The Hall–Kier alpha value is -1.12. The van der Waals surface area contributed by atoms with Crippen LogP contribution in [-0.4, -0.2) is 23.1 Å². The molecule has 0 unspecified atom stereocenters. The van der Waals surface area contributed by atoms with Crippen LogP contribution in [0.2, 0.25) is 0 Å². The topological polar surface area (TPSA) is 49.7 Å². The summed E-state index contributed by atoms with van der Waals surface area (Å²) in [5.41, 5.74) is 0.313. The molecule has 2 aliphatic rings. The predicted molar refractivity (Wildman–Crippen MR) is 77.6 cm³/mol. The minimum Gasteiger partial charge on any atom is -0.511 e. The van der Waals surface area contributed by atoms with Crippen molar-refractivity contribution in [2.24, 2.45) is 16.3 Å². The van der Waals surface area contributed by atoms with Crippen LogP contribution < -0.4 is 0 Å². The van der Waals surface area contributed by atoms with Gasteiger partial charge in [-0.3, -0.25) is 9.79 Å². The third-order valence-electron chi connectivity index (χ3n) is 4.36. The molecule has 1 fully saturated rings. The number of carbonyl (C=O) groups excluding carboxylic acids is 1. The lowest BCUT2D eigenvalue weighted by atomic mass is 9.77. The maximum Gasteiger partial charge on any atom is 0.168 e. The smallest absolute Gasteiger partial charge is 0.168 e. The molecule has 1 N–H and O–H groups in total. The monoisotopic (exact) mass is 263 g/mol. The van der Waals surface area contributed by atoms with E-state index in [0.717, 1.165) is 6.42 Å². The number of aliphatic imine (C=N–C) groups is 1. The van der Waals surface area contributed by atoms with E-state index in [4.69, 9.17) is 0 Å². The molecule has 3 nitrogen and oxygen atoms in total. The number of aliphatic hydroxyl groups excluding tert-OH is 1. The maximum absolute atomic E-state index is 12.1. The van der Waals surface area contributed by atoms with E-state index in [2.05, 4.69) is 11.9 Å². The van der Waals surface area contributed by atoms with Crippen LogP contribution in [0.1, 0.15) is 59.3 Å². The highest BCUT2D eigenvalue weighted by molar-refractivity contribution is 6.14. The number of Topliss-reactive ketones (excluding diaryl/α,β-unsaturated/α-hetero) is 1. The van der Waals surface area contributed by atoms with Gasteiger partial charge in [0, 0.05) is 19.1 Å². The van der Waals surface area contributed by atoms with Gasteiger partial charge < -0.3 is 5.11 Å². The fraction of sp³-hybridized carbons (Fsp3) is 0.750. The molecule has 2 atom stereocenters. The van der Waals surface area contributed by atoms with E-state index in [1.165, 1.54) is 19.3 Å². The van der Waals surface area contributed by atoms with E-state index < -0.39 is 0 Å². The molecule has 0 heterocycles. The number of hydrogen-bond donors (Lipinski definition) is 1. The predicted octanol–water partition coefficient (Wildman–Crippen LogP) is 3.84. The van der Waals surface area contributed by atoms with E-state index >= 15 is 0 Å². The van der Waals surface area contributed by atoms with Crippen molar-refractivity contribution in [3.63, 3.8) is 0 Å². The lowest BCUT2D eigenvalue weighted by molar-refractivity contribution is -0.117. The quantitative estimate of drug-likeness (QED) is 0.770. The first-order chi connectivity index (χ1) is 8.89. The van der Waals surface area contributed by atoms with Gasteiger partial charge in [0.15, 0.2) is 5.78 Å². The Kier molecular flexibility index (Phi) is 4.12. The Morgan fingerprint density at radius 2 is 1.95 bits per heavy atom. The Bertz CT molecular complexity index is 420. The van der Waals surface area contributed by atoms with Crippen molar-refractivity contribution in [1.29, 1.82) is 0 Å². The fourth-order valence-corrected chi connectivity index (χ4v) is 3.14. The minimum atomic E-state index is -0.128. The third kappa shape index (κ3) is 3.46. The molecule has 0 radical (unpaired) electrons. The van der Waals surface area contributed by atoms with E-state index in [1.807, 2.05) is 13.8 Å². The van der Waals surface area contributed by atoms with Crippen LogP contribution >= 0.6 is 0 Å². The molecular formula is C16H25NO2. The lowest BCUT2D eigenvalue weighted by Crippen LogP contribution is -2.27. The molecule has 19 heavy (non-hydrogen) atoms. The summed E-state index contributed by atoms with van der Waals surface area (Å²) in [4.78, 5) is 16.6. The molecule has 0 amide bonds. The maximum atomic E-state index is 12.1. The normalized spacial score (nSPS) is 32.1. The zero-order valence-corrected chi connectivity index (χ0v) is 12.3. The summed E-state index contributed by atoms with van der Waals surface area (Å²) in [6, 6.07) is 0.316. The van der Waals surface area contributed by atoms with Crippen LogP contribution in [0.25, 0.3) is 0 Å². The second-order valence-corrected chi connectivity index (χ2v) is 6.91. The highest BCUT2D eigenvalue weighted by Gasteiger charge is 2.32. The van der Waals surface area contributed by atoms with Gasteiger partial charge in [-0.15, -0.1) is 0 Å². The summed E-state index contributed by atoms with van der Waals surface area (Å²) in [6.07, 6.45) is 7.53. The molecule has 106 valence electrons. The van der Waals surface area contributed by atoms with Crippen LogP contribution in [0.4, 0.5) is 0 Å². The van der Waals surface area contributed by atoms with Crippen molar-refractivity contribution in [2.75, 3.05) is 0 Å². The van der Waals surface area contributed by atoms with Crippen molar-refractivity contribution in [3.05, 3.63) is 11.3 Å². The number of nitrogens with zero attached hydrogens (tertiary/aromatic N) is 1. The van der Waals surface area contributed by atoms with Crippen molar-refractivity contribution in [1.82, 2.24) is 0 Å². The van der Waals surface area contributed by atoms with Crippen LogP contribution in [0.5, 0.6) is 0 Å². The molecule has 0 spiro atoms. The zero-order valence-electron chi connectivity index (χ0n) is 12.3. The van der Waals surface area contributed by atoms with E-state index in [-0.39, 0.29) is 17.0 Å². The van der Waals surface area contributed by atoms with Crippen molar-refractivity contribution in [3.8, 4) is 0 Å². The average Bonchev–Trinajstić information content (AvgIpc) is 2.28. The first kappa shape index (κ1) is 14.3. The number of carbonyl (C=O) groups is 1. The summed E-state index contributed by atoms with van der Waals surface area (Å²) in [7, 11) is 0. The Morgan fingerprint density at radius 1 is 1.26 bits per heavy atom. The van der Waals surface area contributed by atoms with E-state index in [9.17, 15) is 9.90 Å². The summed E-state index contributed by atoms with van der Waals surface area (Å²) in [5.74, 6) is 0.831. The van der Waals surface area contributed by atoms with Gasteiger partial charge in [-0.25, -0.2) is 0 Å². The molecule has 0 aromatic heterocycles. The first-order valence-corrected chi connectivity index (χ1v) is 7.37. The van der Waals surface area contributed by atoms with E-state index in [0.29, 0.717) is 30.4 Å². The molecule has 0 bridgehead atoms. The van der Waals surface area contributed by atoms with Gasteiger partial charge in [0.1, 0.15) is 5.76 Å². The molecule has 0 aromatic rings. The molecule has 2 rings (SSSR count). The van der Waals surface area contributed by atoms with Gasteiger partial charge >= 0.3 is 0 Å². The SMILES string of the molecule is C[C@H]1CCCC[C@@H]1N=CC1=C(O)CC(C)(C)CC1=O. The molecule has 1 saturated carbocycles. The largest absolute Gasteiger partial charge is 0.511 e. The van der Waals surface area contributed by atoms with Crippen LogP contribution in [-0.2, 0) is 4.79 Å². The molecule has 0 aliphatic heterocycles. The van der Waals surface area contributed by atoms with Crippen LogP contribution in [0.3, 0.4) is 0 Å². The van der Waals surface area contributed by atoms with Crippen LogP contribution in [0, 0.1) is 11.3 Å². The Morgan fingerprint density at radius 3 is 2.58 bits per heavy atom. The summed E-state index contributed by atoms with van der Waals surface area (Å²) < 4.78 is 0. The summed E-state index contributed by atoms with van der Waals surface area (Å²) >= 11 is 0. The second kappa shape index (κ2) is 5.48. The van der Waals surface area contributed by atoms with Gasteiger partial charge in [0.2, 0.25) is 0 Å². The number of rotatable bonds is 2. The molecule has 3 heteroatoms. The highest BCUT2D eigenvalue weighted by Crippen LogP contribution is 2.35.